The summed E-state index contributed by atoms with van der Waals surface area (Å²) in [6, 6.07) is 0. The van der Waals surface area contributed by atoms with Gasteiger partial charge in [-0.2, -0.15) is 0 Å². The van der Waals surface area contributed by atoms with Crippen LogP contribution in [0.3, 0.4) is 0 Å². The molecule has 0 bridgehead atoms. The number of carbonyl (C=O) groups is 1. The van der Waals surface area contributed by atoms with Crippen LogP contribution in [0.5, 0.6) is 0 Å². The highest BCUT2D eigenvalue weighted by Crippen LogP contribution is 2.49. The lowest BCUT2D eigenvalue weighted by Crippen LogP contribution is -2.28. The molecule has 1 saturated heterocycles. The fourth-order valence-corrected chi connectivity index (χ4v) is 2.62. The topological polar surface area (TPSA) is 85.2 Å². The molecule has 0 aliphatic carbocycles. The maximum atomic E-state index is 11.1. The van der Waals surface area contributed by atoms with Gasteiger partial charge >= 0.3 is 6.16 Å². The van der Waals surface area contributed by atoms with Crippen molar-refractivity contribution >= 4 is 17.0 Å². The molecule has 1 fully saturated rings. The molecule has 1 aliphatic rings. The summed E-state index contributed by atoms with van der Waals surface area (Å²) in [6.07, 6.45) is -2.28. The molecule has 1 heterocycles. The molecule has 0 aromatic rings. The fraction of sp³-hybridized carbons (Fsp3) is 0.875. The van der Waals surface area contributed by atoms with Crippen LogP contribution >= 0.6 is 10.9 Å². The average molecular weight is 240 g/mol. The summed E-state index contributed by atoms with van der Waals surface area (Å²) >= 11 is 0. The maximum Gasteiger partial charge on any atom is 0.508 e. The van der Waals surface area contributed by atoms with Gasteiger partial charge in [0.05, 0.1) is 22.7 Å². The predicted octanol–water partition coefficient (Wildman–Crippen LogP) is 2.00. The summed E-state index contributed by atoms with van der Waals surface area (Å²) in [5.74, 6) is -0.0959. The minimum absolute atomic E-state index is 0.0959. The third kappa shape index (κ3) is 3.86. The van der Waals surface area contributed by atoms with Crippen molar-refractivity contribution in [1.82, 2.24) is 0 Å². The average Bonchev–Trinajstić information content (AvgIpc) is 2.22. The smallest absolute Gasteiger partial charge is 0.432 e. The van der Waals surface area contributed by atoms with Gasteiger partial charge in [-0.3, -0.25) is 4.18 Å². The minimum Gasteiger partial charge on any atom is -0.432 e. The summed E-state index contributed by atoms with van der Waals surface area (Å²) in [5.41, 5.74) is 0. The van der Waals surface area contributed by atoms with Crippen molar-refractivity contribution in [3.8, 4) is 0 Å². The summed E-state index contributed by atoms with van der Waals surface area (Å²) in [7, 11) is -3.05. The van der Waals surface area contributed by atoms with Crippen LogP contribution in [0.4, 0.5) is 4.79 Å². The van der Waals surface area contributed by atoms with Crippen LogP contribution in [0, 0.1) is 0 Å². The van der Waals surface area contributed by atoms with Gasteiger partial charge in [-0.25, -0.2) is 4.79 Å². The normalized spacial score (nSPS) is 31.3. The second kappa shape index (κ2) is 4.56. The van der Waals surface area contributed by atoms with Gasteiger partial charge in [0.1, 0.15) is 12.2 Å². The fourth-order valence-electron chi connectivity index (χ4n) is 1.17. The van der Waals surface area contributed by atoms with E-state index >= 15 is 0 Å². The third-order valence-corrected chi connectivity index (χ3v) is 3.16. The van der Waals surface area contributed by atoms with Crippen LogP contribution in [0.15, 0.2) is 0 Å². The Kier molecular flexibility index (Phi) is 3.82. The molecule has 0 amide bonds. The Labute approximate surface area is 90.1 Å². The Balaban J connectivity index is 2.43. The molecule has 0 aromatic carbocycles. The molecule has 7 heteroatoms. The van der Waals surface area contributed by atoms with E-state index in [4.69, 9.17) is 13.7 Å². The van der Waals surface area contributed by atoms with E-state index in [9.17, 15) is 13.9 Å². The van der Waals surface area contributed by atoms with Crippen LogP contribution < -0.4 is 0 Å². The largest absolute Gasteiger partial charge is 0.508 e. The molecule has 0 saturated carbocycles. The van der Waals surface area contributed by atoms with Crippen molar-refractivity contribution in [1.29, 1.82) is 0 Å². The Morgan fingerprint density at radius 2 is 2.13 bits per heavy atom. The SMILES string of the molecule is CC(C)OC(=O)OC1CS(O)(O)OC1C. The number of hydrogen-bond acceptors (Lipinski definition) is 6. The van der Waals surface area contributed by atoms with Crippen LogP contribution in [0.2, 0.25) is 0 Å². The first-order valence-corrected chi connectivity index (χ1v) is 6.25. The van der Waals surface area contributed by atoms with Crippen LogP contribution in [-0.2, 0) is 13.7 Å². The molecule has 0 radical (unpaired) electrons. The highest BCUT2D eigenvalue weighted by atomic mass is 32.3. The molecular formula is C8H16O6S. The zero-order valence-corrected chi connectivity index (χ0v) is 9.69. The Morgan fingerprint density at radius 3 is 2.53 bits per heavy atom. The Hall–Kier alpha value is -0.500. The number of hydrogen-bond donors (Lipinski definition) is 2. The van der Waals surface area contributed by atoms with E-state index in [-0.39, 0.29) is 11.9 Å². The number of carbonyl (C=O) groups excluding carboxylic acids is 1. The zero-order valence-electron chi connectivity index (χ0n) is 8.87. The van der Waals surface area contributed by atoms with E-state index in [0.717, 1.165) is 0 Å². The van der Waals surface area contributed by atoms with E-state index in [0.29, 0.717) is 0 Å². The van der Waals surface area contributed by atoms with Crippen LogP contribution in [-0.4, -0.2) is 39.3 Å². The van der Waals surface area contributed by atoms with E-state index < -0.39 is 29.2 Å². The Morgan fingerprint density at radius 1 is 1.53 bits per heavy atom. The minimum atomic E-state index is -3.05. The zero-order chi connectivity index (χ0) is 11.6. The monoisotopic (exact) mass is 240 g/mol. The van der Waals surface area contributed by atoms with E-state index in [1.807, 2.05) is 0 Å². The molecule has 1 aliphatic heterocycles. The van der Waals surface area contributed by atoms with Crippen LogP contribution in [0.25, 0.3) is 0 Å². The van der Waals surface area contributed by atoms with Crippen molar-refractivity contribution < 1.29 is 27.6 Å². The second-order valence-electron chi connectivity index (χ2n) is 3.65. The summed E-state index contributed by atoms with van der Waals surface area (Å²) < 4.78 is 32.9. The highest BCUT2D eigenvalue weighted by molar-refractivity contribution is 8.20. The van der Waals surface area contributed by atoms with Crippen molar-refractivity contribution in [3.05, 3.63) is 0 Å². The van der Waals surface area contributed by atoms with Gasteiger partial charge in [-0.1, -0.05) is 0 Å². The van der Waals surface area contributed by atoms with Gasteiger partial charge in [0.25, 0.3) is 0 Å². The predicted molar refractivity (Wildman–Crippen MR) is 54.8 cm³/mol. The quantitative estimate of drug-likeness (QED) is 0.718. The van der Waals surface area contributed by atoms with Gasteiger partial charge in [-0.15, -0.1) is 0 Å². The molecule has 2 atom stereocenters. The van der Waals surface area contributed by atoms with E-state index in [1.165, 1.54) is 0 Å². The molecular weight excluding hydrogens is 224 g/mol. The molecule has 15 heavy (non-hydrogen) atoms. The standard InChI is InChI=1S/C8H16O6S/c1-5(2)12-8(9)13-7-4-15(10,11)14-6(7)3/h5-7,10-11H,4H2,1-3H3. The van der Waals surface area contributed by atoms with E-state index in [1.54, 1.807) is 20.8 Å². The molecule has 90 valence electrons. The lowest BCUT2D eigenvalue weighted by molar-refractivity contribution is -0.00832. The van der Waals surface area contributed by atoms with Gasteiger partial charge in [-0.05, 0) is 20.8 Å². The van der Waals surface area contributed by atoms with E-state index in [2.05, 4.69) is 0 Å². The Bertz CT molecular complexity index is 241. The van der Waals surface area contributed by atoms with Gasteiger partial charge < -0.3 is 18.6 Å². The summed E-state index contributed by atoms with van der Waals surface area (Å²) in [5, 5.41) is 0. The van der Waals surface area contributed by atoms with Crippen molar-refractivity contribution in [3.63, 3.8) is 0 Å². The maximum absolute atomic E-state index is 11.1. The lowest BCUT2D eigenvalue weighted by Gasteiger charge is -2.17. The first-order chi connectivity index (χ1) is 6.80. The highest BCUT2D eigenvalue weighted by Gasteiger charge is 2.41. The lowest BCUT2D eigenvalue weighted by atomic mass is 10.3. The third-order valence-electron chi connectivity index (χ3n) is 1.79. The molecule has 0 spiro atoms. The van der Waals surface area contributed by atoms with Crippen LogP contribution in [0.1, 0.15) is 20.8 Å². The van der Waals surface area contributed by atoms with Crippen molar-refractivity contribution in [2.24, 2.45) is 0 Å². The summed E-state index contributed by atoms with van der Waals surface area (Å²) in [6.45, 7) is 5.00. The van der Waals surface area contributed by atoms with Gasteiger partial charge in [0.2, 0.25) is 0 Å². The molecule has 2 unspecified atom stereocenters. The number of ether oxygens (including phenoxy) is 2. The van der Waals surface area contributed by atoms with Gasteiger partial charge in [0, 0.05) is 0 Å². The molecule has 0 aromatic heterocycles. The molecule has 1 rings (SSSR count). The first-order valence-electron chi connectivity index (χ1n) is 4.61. The number of rotatable bonds is 2. The second-order valence-corrected chi connectivity index (χ2v) is 5.39. The first kappa shape index (κ1) is 12.6. The van der Waals surface area contributed by atoms with Crippen molar-refractivity contribution in [2.45, 2.75) is 39.1 Å². The summed E-state index contributed by atoms with van der Waals surface area (Å²) in [4.78, 5) is 11.1. The van der Waals surface area contributed by atoms with Crippen molar-refractivity contribution in [2.75, 3.05) is 5.75 Å². The van der Waals surface area contributed by atoms with Gasteiger partial charge in [0.15, 0.2) is 0 Å². The molecule has 2 N–H and O–H groups in total. The molecule has 6 nitrogen and oxygen atoms in total.